The van der Waals surface area contributed by atoms with Crippen LogP contribution in [0.15, 0.2) is 6.07 Å². The van der Waals surface area contributed by atoms with E-state index in [1.165, 1.54) is 0 Å². The first-order chi connectivity index (χ1) is 7.72. The number of aryl methyl sites for hydroxylation is 1. The molecule has 3 N–H and O–H groups in total. The highest BCUT2D eigenvalue weighted by Gasteiger charge is 1.98. The molecule has 0 aliphatic rings. The van der Waals surface area contributed by atoms with E-state index in [9.17, 15) is 0 Å². The second-order valence-corrected chi connectivity index (χ2v) is 3.71. The Morgan fingerprint density at radius 3 is 2.81 bits per heavy atom. The molecular weight excluding hydrogens is 204 g/mol. The minimum absolute atomic E-state index is 0.509. The molecule has 5 nitrogen and oxygen atoms in total. The summed E-state index contributed by atoms with van der Waals surface area (Å²) in [7, 11) is 1.73. The number of anilines is 2. The number of methoxy groups -OCH3 is 1. The van der Waals surface area contributed by atoms with Gasteiger partial charge in [-0.1, -0.05) is 0 Å². The Morgan fingerprint density at radius 1 is 1.31 bits per heavy atom. The van der Waals surface area contributed by atoms with Gasteiger partial charge in [0.1, 0.15) is 17.5 Å². The molecule has 1 heterocycles. The SMILES string of the molecule is COCCCCCNc1cc(N)nc(C)n1. The molecular formula is C11H20N4O. The molecule has 0 atom stereocenters. The van der Waals surface area contributed by atoms with Gasteiger partial charge in [-0.25, -0.2) is 9.97 Å². The number of aromatic nitrogens is 2. The zero-order valence-electron chi connectivity index (χ0n) is 9.99. The van der Waals surface area contributed by atoms with Gasteiger partial charge in [0.15, 0.2) is 0 Å². The number of nitrogens with one attached hydrogen (secondary N) is 1. The fourth-order valence-corrected chi connectivity index (χ4v) is 1.45. The number of ether oxygens (including phenoxy) is 1. The third kappa shape index (κ3) is 4.93. The Morgan fingerprint density at radius 2 is 2.12 bits per heavy atom. The molecule has 0 fully saturated rings. The van der Waals surface area contributed by atoms with Gasteiger partial charge in [-0.3, -0.25) is 0 Å². The molecule has 0 unspecified atom stereocenters. The fraction of sp³-hybridized carbons (Fsp3) is 0.636. The quantitative estimate of drug-likeness (QED) is 0.688. The summed E-state index contributed by atoms with van der Waals surface area (Å²) in [6.07, 6.45) is 3.36. The van der Waals surface area contributed by atoms with Gasteiger partial charge in [-0.05, 0) is 26.2 Å². The Hall–Kier alpha value is -1.36. The Labute approximate surface area is 96.4 Å². The van der Waals surface area contributed by atoms with E-state index >= 15 is 0 Å². The van der Waals surface area contributed by atoms with Gasteiger partial charge in [0, 0.05) is 26.3 Å². The lowest BCUT2D eigenvalue weighted by atomic mass is 10.2. The van der Waals surface area contributed by atoms with Gasteiger partial charge in [-0.15, -0.1) is 0 Å². The Balaban J connectivity index is 2.21. The van der Waals surface area contributed by atoms with E-state index in [2.05, 4.69) is 15.3 Å². The highest BCUT2D eigenvalue weighted by atomic mass is 16.5. The molecule has 0 spiro atoms. The van der Waals surface area contributed by atoms with Gasteiger partial charge in [0.25, 0.3) is 0 Å². The summed E-state index contributed by atoms with van der Waals surface area (Å²) in [6, 6.07) is 1.75. The van der Waals surface area contributed by atoms with E-state index in [-0.39, 0.29) is 0 Å². The second kappa shape index (κ2) is 7.00. The van der Waals surface area contributed by atoms with Crippen molar-refractivity contribution in [3.8, 4) is 0 Å². The largest absolute Gasteiger partial charge is 0.385 e. The lowest BCUT2D eigenvalue weighted by molar-refractivity contribution is 0.192. The van der Waals surface area contributed by atoms with Crippen LogP contribution >= 0.6 is 0 Å². The van der Waals surface area contributed by atoms with Gasteiger partial charge in [0.2, 0.25) is 0 Å². The maximum Gasteiger partial charge on any atom is 0.131 e. The zero-order valence-corrected chi connectivity index (χ0v) is 9.99. The average Bonchev–Trinajstić information content (AvgIpc) is 2.22. The first-order valence-corrected chi connectivity index (χ1v) is 5.56. The lowest BCUT2D eigenvalue weighted by Crippen LogP contribution is -2.06. The van der Waals surface area contributed by atoms with Crippen LogP contribution in [0.3, 0.4) is 0 Å². The molecule has 0 aliphatic heterocycles. The van der Waals surface area contributed by atoms with Crippen molar-refractivity contribution in [2.75, 3.05) is 31.3 Å². The number of rotatable bonds is 7. The predicted molar refractivity (Wildman–Crippen MR) is 65.4 cm³/mol. The Kier molecular flexibility index (Phi) is 5.56. The highest BCUT2D eigenvalue weighted by molar-refractivity contribution is 5.44. The topological polar surface area (TPSA) is 73.1 Å². The minimum Gasteiger partial charge on any atom is -0.385 e. The number of nitrogen functional groups attached to an aromatic ring is 1. The maximum absolute atomic E-state index is 5.62. The van der Waals surface area contributed by atoms with Crippen molar-refractivity contribution in [2.45, 2.75) is 26.2 Å². The molecule has 90 valence electrons. The molecule has 16 heavy (non-hydrogen) atoms. The standard InChI is InChI=1S/C11H20N4O/c1-9-14-10(12)8-11(15-9)13-6-4-3-5-7-16-2/h8H,3-7H2,1-2H3,(H3,12,13,14,15). The Bertz CT molecular complexity index is 297. The van der Waals surface area contributed by atoms with Crippen molar-refractivity contribution >= 4 is 11.6 Å². The molecule has 0 aliphatic carbocycles. The highest BCUT2D eigenvalue weighted by Crippen LogP contribution is 2.08. The van der Waals surface area contributed by atoms with Crippen LogP contribution in [0.4, 0.5) is 11.6 Å². The van der Waals surface area contributed by atoms with E-state index in [1.54, 1.807) is 13.2 Å². The number of nitrogens with two attached hydrogens (primary N) is 1. The number of nitrogens with zero attached hydrogens (tertiary/aromatic N) is 2. The van der Waals surface area contributed by atoms with Crippen LogP contribution in [0.25, 0.3) is 0 Å². The van der Waals surface area contributed by atoms with Crippen LogP contribution < -0.4 is 11.1 Å². The third-order valence-electron chi connectivity index (χ3n) is 2.19. The first kappa shape index (κ1) is 12.7. The van der Waals surface area contributed by atoms with Crippen molar-refractivity contribution in [2.24, 2.45) is 0 Å². The van der Waals surface area contributed by atoms with E-state index < -0.39 is 0 Å². The van der Waals surface area contributed by atoms with Crippen molar-refractivity contribution in [3.63, 3.8) is 0 Å². The van der Waals surface area contributed by atoms with Crippen molar-refractivity contribution in [1.29, 1.82) is 0 Å². The van der Waals surface area contributed by atoms with Gasteiger partial charge >= 0.3 is 0 Å². The molecule has 1 aromatic rings. The summed E-state index contributed by atoms with van der Waals surface area (Å²) in [5.41, 5.74) is 5.62. The van der Waals surface area contributed by atoms with Crippen molar-refractivity contribution in [1.82, 2.24) is 9.97 Å². The first-order valence-electron chi connectivity index (χ1n) is 5.56. The molecule has 0 bridgehead atoms. The summed E-state index contributed by atoms with van der Waals surface area (Å²) >= 11 is 0. The molecule has 5 heteroatoms. The number of hydrogen-bond donors (Lipinski definition) is 2. The van der Waals surface area contributed by atoms with Crippen molar-refractivity contribution in [3.05, 3.63) is 11.9 Å². The summed E-state index contributed by atoms with van der Waals surface area (Å²) in [5.74, 6) is 2.01. The van der Waals surface area contributed by atoms with Crippen LogP contribution in [0.2, 0.25) is 0 Å². The van der Waals surface area contributed by atoms with Gasteiger partial charge in [-0.2, -0.15) is 0 Å². The molecule has 0 radical (unpaired) electrons. The number of unbranched alkanes of at least 4 members (excludes halogenated alkanes) is 2. The minimum atomic E-state index is 0.509. The molecule has 1 aromatic heterocycles. The second-order valence-electron chi connectivity index (χ2n) is 3.71. The van der Waals surface area contributed by atoms with E-state index in [0.717, 1.165) is 38.2 Å². The lowest BCUT2D eigenvalue weighted by Gasteiger charge is -2.06. The summed E-state index contributed by atoms with van der Waals surface area (Å²) in [5, 5.41) is 3.23. The van der Waals surface area contributed by atoms with Crippen molar-refractivity contribution < 1.29 is 4.74 Å². The van der Waals surface area contributed by atoms with Gasteiger partial charge < -0.3 is 15.8 Å². The molecule has 0 amide bonds. The molecule has 0 saturated carbocycles. The summed E-state index contributed by atoms with van der Waals surface area (Å²) in [6.45, 7) is 3.57. The summed E-state index contributed by atoms with van der Waals surface area (Å²) in [4.78, 5) is 8.25. The predicted octanol–water partition coefficient (Wildman–Crippen LogP) is 1.60. The zero-order chi connectivity index (χ0) is 11.8. The van der Waals surface area contributed by atoms with E-state index in [4.69, 9.17) is 10.5 Å². The summed E-state index contributed by atoms with van der Waals surface area (Å²) < 4.78 is 4.98. The molecule has 1 rings (SSSR count). The van der Waals surface area contributed by atoms with Crippen LogP contribution in [0.1, 0.15) is 25.1 Å². The number of hydrogen-bond acceptors (Lipinski definition) is 5. The van der Waals surface area contributed by atoms with Crippen LogP contribution in [-0.4, -0.2) is 30.2 Å². The van der Waals surface area contributed by atoms with E-state index in [0.29, 0.717) is 11.6 Å². The van der Waals surface area contributed by atoms with E-state index in [1.807, 2.05) is 6.92 Å². The smallest absolute Gasteiger partial charge is 0.131 e. The maximum atomic E-state index is 5.62. The fourth-order valence-electron chi connectivity index (χ4n) is 1.45. The molecule has 0 aromatic carbocycles. The van der Waals surface area contributed by atoms with Crippen LogP contribution in [0, 0.1) is 6.92 Å². The normalized spacial score (nSPS) is 10.4. The van der Waals surface area contributed by atoms with Crippen LogP contribution in [0.5, 0.6) is 0 Å². The monoisotopic (exact) mass is 224 g/mol. The third-order valence-corrected chi connectivity index (χ3v) is 2.19. The average molecular weight is 224 g/mol. The van der Waals surface area contributed by atoms with Crippen LogP contribution in [-0.2, 0) is 4.74 Å². The molecule has 0 saturated heterocycles. The van der Waals surface area contributed by atoms with Gasteiger partial charge in [0.05, 0.1) is 0 Å².